The van der Waals surface area contributed by atoms with Gasteiger partial charge in [-0.25, -0.2) is 9.97 Å². The van der Waals surface area contributed by atoms with Crippen molar-refractivity contribution in [2.45, 2.75) is 33.2 Å². The molecular formula is C19H18N4O2S. The number of aromatic nitrogens is 3. The predicted molar refractivity (Wildman–Crippen MR) is 102 cm³/mol. The molecule has 3 heterocycles. The topological polar surface area (TPSA) is 80.9 Å². The molecule has 1 aromatic carbocycles. The lowest BCUT2D eigenvalue weighted by atomic mass is 10.1. The summed E-state index contributed by atoms with van der Waals surface area (Å²) >= 11 is 1.66. The van der Waals surface area contributed by atoms with Crippen LogP contribution in [-0.2, 0) is 6.42 Å². The fourth-order valence-electron chi connectivity index (χ4n) is 3.02. The van der Waals surface area contributed by atoms with Gasteiger partial charge in [0.05, 0.1) is 31.9 Å². The zero-order chi connectivity index (χ0) is 18.3. The van der Waals surface area contributed by atoms with Crippen molar-refractivity contribution in [1.82, 2.24) is 20.4 Å². The lowest BCUT2D eigenvalue weighted by Gasteiger charge is -2.13. The number of carbonyl (C=O) groups excluding carboxylic acids is 1. The molecule has 0 spiro atoms. The normalized spacial score (nSPS) is 12.6. The van der Waals surface area contributed by atoms with Crippen molar-refractivity contribution in [3.63, 3.8) is 0 Å². The second-order valence-corrected chi connectivity index (χ2v) is 7.53. The summed E-state index contributed by atoms with van der Waals surface area (Å²) in [5.74, 6) is -0.152. The first kappa shape index (κ1) is 16.7. The van der Waals surface area contributed by atoms with E-state index in [2.05, 4.69) is 26.5 Å². The Morgan fingerprint density at radius 1 is 1.27 bits per heavy atom. The molecule has 7 heteroatoms. The minimum Gasteiger partial charge on any atom is -0.349 e. The van der Waals surface area contributed by atoms with Crippen LogP contribution in [0.5, 0.6) is 0 Å². The number of hydrogen-bond donors (Lipinski definition) is 1. The van der Waals surface area contributed by atoms with E-state index >= 15 is 0 Å². The number of pyridine rings is 1. The molecule has 0 radical (unpaired) electrons. The summed E-state index contributed by atoms with van der Waals surface area (Å²) in [7, 11) is 0. The fraction of sp³-hybridized carbons (Fsp3) is 0.263. The first-order valence-electron chi connectivity index (χ1n) is 8.40. The molecule has 4 rings (SSSR count). The molecule has 0 saturated heterocycles. The number of nitrogens with zero attached hydrogens (tertiary/aromatic N) is 3. The van der Waals surface area contributed by atoms with E-state index in [9.17, 15) is 4.79 Å². The van der Waals surface area contributed by atoms with Crippen LogP contribution in [0.4, 0.5) is 0 Å². The maximum Gasteiger partial charge on any atom is 0.258 e. The molecule has 0 aliphatic rings. The summed E-state index contributed by atoms with van der Waals surface area (Å²) < 4.78 is 6.37. The highest BCUT2D eigenvalue weighted by Crippen LogP contribution is 2.24. The third-order valence-corrected chi connectivity index (χ3v) is 5.24. The molecule has 132 valence electrons. The van der Waals surface area contributed by atoms with Crippen molar-refractivity contribution in [2.75, 3.05) is 0 Å². The van der Waals surface area contributed by atoms with Gasteiger partial charge in [0, 0.05) is 18.2 Å². The standard InChI is InChI=1S/C19H18N4O2S/c1-10-8-13(17-12(3)23-25-19(17)21-10)18(24)20-11(2)9-16-22-14-6-4-5-7-15(14)26-16/h4-8,11H,9H2,1-3H3,(H,20,24)/t11-/m1/s1. The Kier molecular flexibility index (Phi) is 4.16. The van der Waals surface area contributed by atoms with Crippen LogP contribution in [0.2, 0.25) is 0 Å². The van der Waals surface area contributed by atoms with E-state index in [1.54, 1.807) is 17.4 Å². The molecule has 0 bridgehead atoms. The van der Waals surface area contributed by atoms with Gasteiger partial charge in [0.2, 0.25) is 0 Å². The molecule has 0 unspecified atom stereocenters. The second kappa shape index (κ2) is 6.49. The summed E-state index contributed by atoms with van der Waals surface area (Å²) in [6.45, 7) is 5.62. The van der Waals surface area contributed by atoms with E-state index in [-0.39, 0.29) is 11.9 Å². The monoisotopic (exact) mass is 366 g/mol. The van der Waals surface area contributed by atoms with E-state index in [1.165, 1.54) is 0 Å². The number of nitrogens with one attached hydrogen (secondary N) is 1. The minimum atomic E-state index is -0.152. The maximum atomic E-state index is 12.8. The van der Waals surface area contributed by atoms with Crippen LogP contribution in [0, 0.1) is 13.8 Å². The number of rotatable bonds is 4. The number of fused-ring (bicyclic) bond motifs is 2. The second-order valence-electron chi connectivity index (χ2n) is 6.41. The molecule has 0 aliphatic carbocycles. The zero-order valence-corrected chi connectivity index (χ0v) is 15.6. The molecule has 4 aromatic rings. The summed E-state index contributed by atoms with van der Waals surface area (Å²) in [5.41, 5.74) is 3.32. The molecule has 0 saturated carbocycles. The van der Waals surface area contributed by atoms with Crippen LogP contribution >= 0.6 is 11.3 Å². The molecule has 3 aromatic heterocycles. The summed E-state index contributed by atoms with van der Waals surface area (Å²) in [6, 6.07) is 9.77. The van der Waals surface area contributed by atoms with E-state index in [1.807, 2.05) is 39.0 Å². The highest BCUT2D eigenvalue weighted by Gasteiger charge is 2.19. The molecule has 1 N–H and O–H groups in total. The number of para-hydroxylation sites is 1. The summed E-state index contributed by atoms with van der Waals surface area (Å²) in [4.78, 5) is 21.7. The van der Waals surface area contributed by atoms with Crippen molar-refractivity contribution in [3.8, 4) is 0 Å². The van der Waals surface area contributed by atoms with Gasteiger partial charge in [-0.3, -0.25) is 4.79 Å². The maximum absolute atomic E-state index is 12.8. The third-order valence-electron chi connectivity index (χ3n) is 4.19. The molecule has 1 amide bonds. The first-order valence-corrected chi connectivity index (χ1v) is 9.22. The Balaban J connectivity index is 1.55. The molecular weight excluding hydrogens is 348 g/mol. The van der Waals surface area contributed by atoms with E-state index in [0.29, 0.717) is 28.8 Å². The van der Waals surface area contributed by atoms with Crippen LogP contribution in [0.1, 0.15) is 33.7 Å². The number of aryl methyl sites for hydroxylation is 2. The predicted octanol–water partition coefficient (Wildman–Crippen LogP) is 3.81. The Bertz CT molecular complexity index is 1080. The lowest BCUT2D eigenvalue weighted by molar-refractivity contribution is 0.0941. The number of thiazole rings is 1. The van der Waals surface area contributed by atoms with E-state index in [0.717, 1.165) is 20.9 Å². The van der Waals surface area contributed by atoms with Gasteiger partial charge in [0.1, 0.15) is 0 Å². The Morgan fingerprint density at radius 2 is 2.08 bits per heavy atom. The van der Waals surface area contributed by atoms with Gasteiger partial charge in [-0.1, -0.05) is 17.3 Å². The minimum absolute atomic E-state index is 0.0493. The van der Waals surface area contributed by atoms with Crippen LogP contribution in [0.3, 0.4) is 0 Å². The SMILES string of the molecule is Cc1cc(C(=O)N[C@H](C)Cc2nc3ccccc3s2)c2c(C)noc2n1. The Hall–Kier alpha value is -2.80. The first-order chi connectivity index (χ1) is 12.5. The van der Waals surface area contributed by atoms with Gasteiger partial charge < -0.3 is 9.84 Å². The summed E-state index contributed by atoms with van der Waals surface area (Å²) in [5, 5.41) is 8.66. The van der Waals surface area contributed by atoms with Crippen molar-refractivity contribution in [1.29, 1.82) is 0 Å². The van der Waals surface area contributed by atoms with Gasteiger partial charge in [-0.2, -0.15) is 0 Å². The van der Waals surface area contributed by atoms with Gasteiger partial charge in [0.15, 0.2) is 0 Å². The largest absolute Gasteiger partial charge is 0.349 e. The molecule has 26 heavy (non-hydrogen) atoms. The molecule has 0 fully saturated rings. The van der Waals surface area contributed by atoms with Gasteiger partial charge in [-0.05, 0) is 39.0 Å². The Morgan fingerprint density at radius 3 is 2.88 bits per heavy atom. The fourth-order valence-corrected chi connectivity index (χ4v) is 4.11. The van der Waals surface area contributed by atoms with E-state index in [4.69, 9.17) is 4.52 Å². The van der Waals surface area contributed by atoms with Crippen molar-refractivity contribution < 1.29 is 9.32 Å². The van der Waals surface area contributed by atoms with Crippen molar-refractivity contribution >= 4 is 38.6 Å². The molecule has 1 atom stereocenters. The lowest BCUT2D eigenvalue weighted by Crippen LogP contribution is -2.34. The van der Waals surface area contributed by atoms with Gasteiger partial charge in [-0.15, -0.1) is 11.3 Å². The van der Waals surface area contributed by atoms with E-state index < -0.39 is 0 Å². The molecule has 6 nitrogen and oxygen atoms in total. The number of hydrogen-bond acceptors (Lipinski definition) is 6. The quantitative estimate of drug-likeness (QED) is 0.594. The van der Waals surface area contributed by atoms with Gasteiger partial charge >= 0.3 is 0 Å². The third kappa shape index (κ3) is 3.06. The molecule has 0 aliphatic heterocycles. The highest BCUT2D eigenvalue weighted by atomic mass is 32.1. The van der Waals surface area contributed by atoms with Gasteiger partial charge in [0.25, 0.3) is 11.6 Å². The average molecular weight is 366 g/mol. The average Bonchev–Trinajstić information content (AvgIpc) is 3.16. The van der Waals surface area contributed by atoms with Crippen LogP contribution in [0.25, 0.3) is 21.3 Å². The van der Waals surface area contributed by atoms with Crippen molar-refractivity contribution in [2.24, 2.45) is 0 Å². The number of benzene rings is 1. The smallest absolute Gasteiger partial charge is 0.258 e. The van der Waals surface area contributed by atoms with Crippen molar-refractivity contribution in [3.05, 3.63) is 52.3 Å². The Labute approximate surface area is 154 Å². The van der Waals surface area contributed by atoms with Crippen LogP contribution in [0.15, 0.2) is 34.9 Å². The van der Waals surface area contributed by atoms with Crippen LogP contribution < -0.4 is 5.32 Å². The number of carbonyl (C=O) groups is 1. The van der Waals surface area contributed by atoms with Crippen LogP contribution in [-0.4, -0.2) is 27.1 Å². The number of amides is 1. The summed E-state index contributed by atoms with van der Waals surface area (Å²) in [6.07, 6.45) is 0.681. The highest BCUT2D eigenvalue weighted by molar-refractivity contribution is 7.18. The zero-order valence-electron chi connectivity index (χ0n) is 14.7.